The van der Waals surface area contributed by atoms with Gasteiger partial charge in [0.25, 0.3) is 0 Å². The van der Waals surface area contributed by atoms with E-state index in [-0.39, 0.29) is 48.7 Å². The maximum atomic E-state index is 13.8. The van der Waals surface area contributed by atoms with Gasteiger partial charge in [-0.05, 0) is 88.1 Å². The summed E-state index contributed by atoms with van der Waals surface area (Å²) in [6.45, 7) is 6.00. The highest BCUT2D eigenvalue weighted by atomic mass is 35.5. The molecular formula is C26H34ClF2NO6S. The minimum Gasteiger partial charge on any atom is -0.460 e. The maximum absolute atomic E-state index is 13.8. The number of ether oxygens (including phenoxy) is 2. The van der Waals surface area contributed by atoms with Gasteiger partial charge in [0.2, 0.25) is 6.41 Å². The molecule has 0 aromatic heterocycles. The monoisotopic (exact) mass is 561 g/mol. The molecule has 2 aromatic rings. The number of carbonyl (C=O) groups excluding carboxylic acids is 2. The fourth-order valence-corrected chi connectivity index (χ4v) is 5.06. The molecule has 0 heterocycles. The Morgan fingerprint density at radius 1 is 1.11 bits per heavy atom. The molecular weight excluding hydrogens is 528 g/mol. The van der Waals surface area contributed by atoms with Crippen molar-refractivity contribution in [1.82, 2.24) is 5.32 Å². The van der Waals surface area contributed by atoms with Gasteiger partial charge in [0.15, 0.2) is 9.84 Å². The summed E-state index contributed by atoms with van der Waals surface area (Å²) in [6.07, 6.45) is 1.32. The van der Waals surface area contributed by atoms with E-state index in [4.69, 9.17) is 21.1 Å². The average molecular weight is 562 g/mol. The van der Waals surface area contributed by atoms with Crippen LogP contribution in [-0.4, -0.2) is 51.9 Å². The largest absolute Gasteiger partial charge is 0.460 e. The molecule has 0 aliphatic heterocycles. The van der Waals surface area contributed by atoms with Gasteiger partial charge < -0.3 is 14.8 Å². The second-order valence-corrected chi connectivity index (χ2v) is 11.7. The van der Waals surface area contributed by atoms with Gasteiger partial charge in [0.1, 0.15) is 17.2 Å². The number of carbonyl (C=O) groups is 2. The van der Waals surface area contributed by atoms with E-state index in [2.05, 4.69) is 5.32 Å². The maximum Gasteiger partial charge on any atom is 0.308 e. The summed E-state index contributed by atoms with van der Waals surface area (Å²) < 4.78 is 62.8. The third kappa shape index (κ3) is 12.5. The van der Waals surface area contributed by atoms with Crippen LogP contribution in [0, 0.1) is 11.6 Å². The minimum atomic E-state index is -3.64. The highest BCUT2D eigenvalue weighted by Gasteiger charge is 2.27. The summed E-state index contributed by atoms with van der Waals surface area (Å²) in [7, 11) is -2.15. The van der Waals surface area contributed by atoms with Crippen molar-refractivity contribution in [2.24, 2.45) is 0 Å². The molecule has 1 amide bonds. The Balaban J connectivity index is 0.000000482. The lowest BCUT2D eigenvalue weighted by Crippen LogP contribution is -2.26. The van der Waals surface area contributed by atoms with Crippen LogP contribution in [0.1, 0.15) is 45.6 Å². The summed E-state index contributed by atoms with van der Waals surface area (Å²) >= 11 is 5.81. The van der Waals surface area contributed by atoms with Crippen molar-refractivity contribution in [3.8, 4) is 0 Å². The van der Waals surface area contributed by atoms with Gasteiger partial charge in [0, 0.05) is 25.3 Å². The topological polar surface area (TPSA) is 98.8 Å². The summed E-state index contributed by atoms with van der Waals surface area (Å²) in [5.74, 6) is -1.39. The third-order valence-electron chi connectivity index (χ3n) is 4.95. The molecule has 1 N–H and O–H groups in total. The smallest absolute Gasteiger partial charge is 0.308 e. The van der Waals surface area contributed by atoms with Crippen molar-refractivity contribution >= 4 is 33.8 Å². The molecule has 2 aromatic carbocycles. The number of hydrogen-bond donors (Lipinski definition) is 1. The minimum absolute atomic E-state index is 0.116. The van der Waals surface area contributed by atoms with E-state index in [1.807, 2.05) is 0 Å². The molecule has 0 saturated carbocycles. The van der Waals surface area contributed by atoms with Gasteiger partial charge in [-0.2, -0.15) is 0 Å². The molecule has 0 spiro atoms. The van der Waals surface area contributed by atoms with E-state index in [0.29, 0.717) is 18.0 Å². The molecule has 1 unspecified atom stereocenters. The van der Waals surface area contributed by atoms with E-state index >= 15 is 0 Å². The standard InChI is InChI=1S/C18H19ClF2O3S.C8H15NO3/c1-24-11-10-17(6-2-13-12-15(20)5-9-18(13)21)25(22,23)16-7-3-14(19)4-8-16;1-8(2,3)12-7(11)4-5-9-6-10/h3-5,7-9,12,17H,2,6,10-11H2,1H3;6H,4-5H2,1-3H3,(H,9,10). The summed E-state index contributed by atoms with van der Waals surface area (Å²) in [6, 6.07) is 9.08. The van der Waals surface area contributed by atoms with Crippen molar-refractivity contribution in [3.05, 3.63) is 64.7 Å². The fourth-order valence-electron chi connectivity index (χ4n) is 3.20. The van der Waals surface area contributed by atoms with Crippen LogP contribution in [0.2, 0.25) is 5.02 Å². The van der Waals surface area contributed by atoms with Crippen LogP contribution in [0.15, 0.2) is 47.4 Å². The number of sulfone groups is 1. The molecule has 0 fully saturated rings. The molecule has 0 radical (unpaired) electrons. The number of methoxy groups -OCH3 is 1. The first-order valence-electron chi connectivity index (χ1n) is 11.6. The number of aryl methyl sites for hydroxylation is 1. The Morgan fingerprint density at radius 3 is 2.32 bits per heavy atom. The van der Waals surface area contributed by atoms with Crippen LogP contribution in [-0.2, 0) is 35.3 Å². The number of rotatable bonds is 12. The van der Waals surface area contributed by atoms with E-state index in [9.17, 15) is 26.8 Å². The first-order chi connectivity index (χ1) is 17.3. The predicted octanol–water partition coefficient (Wildman–Crippen LogP) is 4.89. The van der Waals surface area contributed by atoms with E-state index in [1.54, 1.807) is 20.8 Å². The van der Waals surface area contributed by atoms with Gasteiger partial charge in [-0.1, -0.05) is 11.6 Å². The highest BCUT2D eigenvalue weighted by molar-refractivity contribution is 7.92. The quantitative estimate of drug-likeness (QED) is 0.225. The first kappa shape index (κ1) is 32.5. The number of amides is 1. The van der Waals surface area contributed by atoms with Crippen LogP contribution in [0.25, 0.3) is 0 Å². The van der Waals surface area contributed by atoms with Crippen molar-refractivity contribution in [2.45, 2.75) is 62.2 Å². The molecule has 1 atom stereocenters. The van der Waals surface area contributed by atoms with Crippen LogP contribution in [0.4, 0.5) is 8.78 Å². The third-order valence-corrected chi connectivity index (χ3v) is 7.48. The summed E-state index contributed by atoms with van der Waals surface area (Å²) in [4.78, 5) is 20.9. The van der Waals surface area contributed by atoms with E-state index in [1.165, 1.54) is 31.4 Å². The Labute approximate surface area is 222 Å². The van der Waals surface area contributed by atoms with Crippen molar-refractivity contribution < 1.29 is 36.3 Å². The van der Waals surface area contributed by atoms with Gasteiger partial charge in [-0.15, -0.1) is 0 Å². The predicted molar refractivity (Wildman–Crippen MR) is 138 cm³/mol. The lowest BCUT2D eigenvalue weighted by molar-refractivity contribution is -0.154. The highest BCUT2D eigenvalue weighted by Crippen LogP contribution is 2.25. The van der Waals surface area contributed by atoms with Crippen LogP contribution >= 0.6 is 11.6 Å². The molecule has 206 valence electrons. The SMILES string of the molecule is CC(C)(C)OC(=O)CCNC=O.COCCC(CCc1cc(F)ccc1F)S(=O)(=O)c1ccc(Cl)cc1. The molecule has 37 heavy (non-hydrogen) atoms. The zero-order chi connectivity index (χ0) is 28.1. The van der Waals surface area contributed by atoms with Gasteiger partial charge in [-0.25, -0.2) is 17.2 Å². The van der Waals surface area contributed by atoms with Crippen LogP contribution in [0.5, 0.6) is 0 Å². The Hall–Kier alpha value is -2.56. The number of benzene rings is 2. The molecule has 0 aliphatic carbocycles. The summed E-state index contributed by atoms with van der Waals surface area (Å²) in [5, 5.41) is 2.06. The van der Waals surface area contributed by atoms with Gasteiger partial charge in [-0.3, -0.25) is 9.59 Å². The molecule has 7 nitrogen and oxygen atoms in total. The number of esters is 1. The zero-order valence-electron chi connectivity index (χ0n) is 21.4. The van der Waals surface area contributed by atoms with E-state index < -0.39 is 32.3 Å². The fraction of sp³-hybridized carbons (Fsp3) is 0.462. The van der Waals surface area contributed by atoms with E-state index in [0.717, 1.165) is 18.2 Å². The Kier molecular flexibility index (Phi) is 13.7. The second kappa shape index (κ2) is 15.6. The molecule has 0 aliphatic rings. The van der Waals surface area contributed by atoms with Gasteiger partial charge >= 0.3 is 5.97 Å². The summed E-state index contributed by atoms with van der Waals surface area (Å²) in [5.41, 5.74) is -0.285. The molecule has 2 rings (SSSR count). The Morgan fingerprint density at radius 2 is 1.76 bits per heavy atom. The number of hydrogen-bond acceptors (Lipinski definition) is 6. The lowest BCUT2D eigenvalue weighted by Gasteiger charge is -2.19. The number of nitrogens with one attached hydrogen (secondary N) is 1. The van der Waals surface area contributed by atoms with Crippen LogP contribution in [0.3, 0.4) is 0 Å². The van der Waals surface area contributed by atoms with Crippen LogP contribution < -0.4 is 5.32 Å². The normalized spacial score (nSPS) is 12.2. The average Bonchev–Trinajstić information content (AvgIpc) is 2.81. The molecule has 0 bridgehead atoms. The Bertz CT molecular complexity index is 1110. The van der Waals surface area contributed by atoms with Crippen molar-refractivity contribution in [1.29, 1.82) is 0 Å². The first-order valence-corrected chi connectivity index (χ1v) is 13.5. The van der Waals surface area contributed by atoms with Crippen molar-refractivity contribution in [2.75, 3.05) is 20.3 Å². The zero-order valence-corrected chi connectivity index (χ0v) is 23.0. The molecule has 11 heteroatoms. The second-order valence-electron chi connectivity index (χ2n) is 9.09. The van der Waals surface area contributed by atoms with Gasteiger partial charge in [0.05, 0.1) is 16.6 Å². The van der Waals surface area contributed by atoms with Crippen molar-refractivity contribution in [3.63, 3.8) is 0 Å². The number of halogens is 3. The molecule has 0 saturated heterocycles. The lowest BCUT2D eigenvalue weighted by atomic mass is 10.1.